The SMILES string of the molecule is COC(=O)c1c(NC(=S)Nc2ccn(Cc3ccc(Br)cc3)n2)sc2c1CCC2. The van der Waals surface area contributed by atoms with Gasteiger partial charge in [-0.15, -0.1) is 11.3 Å². The maximum atomic E-state index is 12.3. The zero-order valence-electron chi connectivity index (χ0n) is 15.7. The number of nitrogens with zero attached hydrogens (tertiary/aromatic N) is 2. The van der Waals surface area contributed by atoms with Crippen LogP contribution < -0.4 is 10.6 Å². The van der Waals surface area contributed by atoms with Gasteiger partial charge in [-0.2, -0.15) is 5.10 Å². The van der Waals surface area contributed by atoms with Gasteiger partial charge in [-0.3, -0.25) is 4.68 Å². The zero-order chi connectivity index (χ0) is 20.4. The number of carbonyl (C=O) groups excluding carboxylic acids is 1. The summed E-state index contributed by atoms with van der Waals surface area (Å²) in [5.74, 6) is 0.316. The number of esters is 1. The highest BCUT2D eigenvalue weighted by Gasteiger charge is 2.27. The molecule has 2 N–H and O–H groups in total. The number of thiocarbonyl (C=S) groups is 1. The molecule has 0 amide bonds. The van der Waals surface area contributed by atoms with Gasteiger partial charge >= 0.3 is 5.97 Å². The van der Waals surface area contributed by atoms with Gasteiger partial charge in [0, 0.05) is 21.6 Å². The average molecular weight is 491 g/mol. The minimum absolute atomic E-state index is 0.325. The van der Waals surface area contributed by atoms with Crippen LogP contribution in [0.2, 0.25) is 0 Å². The number of nitrogens with one attached hydrogen (secondary N) is 2. The number of aromatic nitrogens is 2. The van der Waals surface area contributed by atoms with Crippen molar-refractivity contribution in [3.63, 3.8) is 0 Å². The Bertz CT molecular complexity index is 1060. The van der Waals surface area contributed by atoms with E-state index in [1.165, 1.54) is 12.0 Å². The second kappa shape index (κ2) is 8.64. The number of fused-ring (bicyclic) bond motifs is 1. The van der Waals surface area contributed by atoms with Crippen molar-refractivity contribution in [2.75, 3.05) is 17.7 Å². The number of hydrogen-bond acceptors (Lipinski definition) is 5. The molecule has 0 bridgehead atoms. The Labute approximate surface area is 186 Å². The molecule has 29 heavy (non-hydrogen) atoms. The number of halogens is 1. The topological polar surface area (TPSA) is 68.2 Å². The van der Waals surface area contributed by atoms with Crippen molar-refractivity contribution < 1.29 is 9.53 Å². The summed E-state index contributed by atoms with van der Waals surface area (Å²) in [7, 11) is 1.40. The van der Waals surface area contributed by atoms with Crippen LogP contribution in [0.4, 0.5) is 10.8 Å². The number of methoxy groups -OCH3 is 1. The van der Waals surface area contributed by atoms with Gasteiger partial charge in [-0.05, 0) is 54.7 Å². The summed E-state index contributed by atoms with van der Waals surface area (Å²) in [4.78, 5) is 13.5. The molecule has 0 saturated carbocycles. The summed E-state index contributed by atoms with van der Waals surface area (Å²) in [5, 5.41) is 11.9. The first-order chi connectivity index (χ1) is 14.0. The van der Waals surface area contributed by atoms with Crippen LogP contribution in [0, 0.1) is 0 Å². The highest BCUT2D eigenvalue weighted by atomic mass is 79.9. The minimum atomic E-state index is -0.325. The molecule has 150 valence electrons. The summed E-state index contributed by atoms with van der Waals surface area (Å²) in [6.45, 7) is 0.666. The van der Waals surface area contributed by atoms with Crippen molar-refractivity contribution in [1.29, 1.82) is 0 Å². The van der Waals surface area contributed by atoms with E-state index in [0.29, 0.717) is 23.0 Å². The lowest BCUT2D eigenvalue weighted by Crippen LogP contribution is -2.20. The first-order valence-corrected chi connectivity index (χ1v) is 11.1. The summed E-state index contributed by atoms with van der Waals surface area (Å²) in [6.07, 6.45) is 4.86. The maximum Gasteiger partial charge on any atom is 0.341 e. The fourth-order valence-electron chi connectivity index (χ4n) is 3.35. The summed E-state index contributed by atoms with van der Waals surface area (Å²) in [5.41, 5.74) is 2.85. The van der Waals surface area contributed by atoms with E-state index in [1.54, 1.807) is 11.3 Å². The van der Waals surface area contributed by atoms with Crippen LogP contribution in [-0.4, -0.2) is 28.0 Å². The van der Waals surface area contributed by atoms with Gasteiger partial charge in [0.05, 0.1) is 19.2 Å². The molecule has 4 rings (SSSR count). The van der Waals surface area contributed by atoms with E-state index in [1.807, 2.05) is 29.1 Å². The fraction of sp³-hybridized carbons (Fsp3) is 0.250. The molecule has 2 aromatic heterocycles. The van der Waals surface area contributed by atoms with E-state index < -0.39 is 0 Å². The third-order valence-electron chi connectivity index (χ3n) is 4.68. The smallest absolute Gasteiger partial charge is 0.341 e. The molecule has 0 atom stereocenters. The number of benzene rings is 1. The van der Waals surface area contributed by atoms with Crippen LogP contribution in [0.1, 0.15) is 32.8 Å². The van der Waals surface area contributed by atoms with E-state index >= 15 is 0 Å². The van der Waals surface area contributed by atoms with Crippen LogP contribution in [-0.2, 0) is 24.1 Å². The van der Waals surface area contributed by atoms with Gasteiger partial charge in [0.2, 0.25) is 0 Å². The normalized spacial score (nSPS) is 12.5. The summed E-state index contributed by atoms with van der Waals surface area (Å²) in [6, 6.07) is 9.98. The Morgan fingerprint density at radius 1 is 1.28 bits per heavy atom. The molecular weight excluding hydrogens is 472 g/mol. The largest absolute Gasteiger partial charge is 0.465 e. The van der Waals surface area contributed by atoms with Crippen LogP contribution in [0.15, 0.2) is 41.0 Å². The average Bonchev–Trinajstić information content (AvgIpc) is 3.39. The van der Waals surface area contributed by atoms with Crippen molar-refractivity contribution >= 4 is 61.4 Å². The number of aryl methyl sites for hydroxylation is 1. The standard InChI is InChI=1S/C20H19BrN4O2S2/c1-27-19(26)17-14-3-2-4-15(14)29-18(17)23-20(28)22-16-9-10-25(24-16)11-12-5-7-13(21)8-6-12/h5-10H,2-4,11H2,1H3,(H2,22,23,24,28). The zero-order valence-corrected chi connectivity index (χ0v) is 18.9. The fourth-order valence-corrected chi connectivity index (χ4v) is 5.17. The number of carbonyl (C=O) groups is 1. The lowest BCUT2D eigenvalue weighted by molar-refractivity contribution is 0.0601. The number of ether oxygens (including phenoxy) is 1. The number of anilines is 2. The number of thiophene rings is 1. The monoisotopic (exact) mass is 490 g/mol. The maximum absolute atomic E-state index is 12.3. The molecule has 0 spiro atoms. The van der Waals surface area contributed by atoms with Gasteiger partial charge in [-0.25, -0.2) is 4.79 Å². The van der Waals surface area contributed by atoms with E-state index in [-0.39, 0.29) is 5.97 Å². The third-order valence-corrected chi connectivity index (χ3v) is 6.62. The van der Waals surface area contributed by atoms with Crippen molar-refractivity contribution in [2.24, 2.45) is 0 Å². The van der Waals surface area contributed by atoms with E-state index in [2.05, 4.69) is 43.8 Å². The Hall–Kier alpha value is -2.23. The predicted molar refractivity (Wildman–Crippen MR) is 123 cm³/mol. The molecule has 0 saturated heterocycles. The Balaban J connectivity index is 1.42. The third kappa shape index (κ3) is 4.52. The van der Waals surface area contributed by atoms with Crippen molar-refractivity contribution in [3.8, 4) is 0 Å². The summed E-state index contributed by atoms with van der Waals surface area (Å²) >= 11 is 10.4. The molecule has 1 aliphatic carbocycles. The Morgan fingerprint density at radius 3 is 2.83 bits per heavy atom. The molecular formula is C20H19BrN4O2S2. The predicted octanol–water partition coefficient (Wildman–Crippen LogP) is 4.84. The lowest BCUT2D eigenvalue weighted by Gasteiger charge is -2.09. The molecule has 1 aliphatic rings. The van der Waals surface area contributed by atoms with E-state index in [0.717, 1.165) is 39.9 Å². The lowest BCUT2D eigenvalue weighted by atomic mass is 10.1. The number of hydrogen-bond donors (Lipinski definition) is 2. The van der Waals surface area contributed by atoms with Crippen LogP contribution in [0.25, 0.3) is 0 Å². The van der Waals surface area contributed by atoms with Crippen molar-refractivity contribution in [2.45, 2.75) is 25.8 Å². The van der Waals surface area contributed by atoms with Crippen LogP contribution in [0.5, 0.6) is 0 Å². The second-order valence-electron chi connectivity index (χ2n) is 6.66. The Morgan fingerprint density at radius 2 is 2.07 bits per heavy atom. The quantitative estimate of drug-likeness (QED) is 0.393. The molecule has 3 aromatic rings. The molecule has 1 aromatic carbocycles. The van der Waals surface area contributed by atoms with Gasteiger partial charge < -0.3 is 15.4 Å². The highest BCUT2D eigenvalue weighted by molar-refractivity contribution is 9.10. The van der Waals surface area contributed by atoms with Gasteiger partial charge in [-0.1, -0.05) is 28.1 Å². The first kappa shape index (κ1) is 20.1. The molecule has 9 heteroatoms. The van der Waals surface area contributed by atoms with Gasteiger partial charge in [0.1, 0.15) is 5.00 Å². The summed E-state index contributed by atoms with van der Waals surface area (Å²) < 4.78 is 7.86. The van der Waals surface area contributed by atoms with Gasteiger partial charge in [0.15, 0.2) is 10.9 Å². The highest BCUT2D eigenvalue weighted by Crippen LogP contribution is 2.39. The minimum Gasteiger partial charge on any atom is -0.465 e. The van der Waals surface area contributed by atoms with E-state index in [4.69, 9.17) is 17.0 Å². The molecule has 0 unspecified atom stereocenters. The number of rotatable bonds is 5. The van der Waals surface area contributed by atoms with Crippen LogP contribution >= 0.6 is 39.5 Å². The van der Waals surface area contributed by atoms with Gasteiger partial charge in [0.25, 0.3) is 0 Å². The van der Waals surface area contributed by atoms with Crippen molar-refractivity contribution in [3.05, 3.63) is 62.6 Å². The second-order valence-corrected chi connectivity index (χ2v) is 9.09. The molecule has 0 fully saturated rings. The molecule has 0 radical (unpaired) electrons. The molecule has 6 nitrogen and oxygen atoms in total. The Kier molecular flexibility index (Phi) is 5.98. The van der Waals surface area contributed by atoms with Crippen molar-refractivity contribution in [1.82, 2.24) is 9.78 Å². The first-order valence-electron chi connectivity index (χ1n) is 9.12. The van der Waals surface area contributed by atoms with E-state index in [9.17, 15) is 4.79 Å². The molecule has 0 aliphatic heterocycles. The molecule has 2 heterocycles. The van der Waals surface area contributed by atoms with Crippen LogP contribution in [0.3, 0.4) is 0 Å².